The van der Waals surface area contributed by atoms with E-state index in [1.54, 1.807) is 33.8 Å². The number of nitrogens with zero attached hydrogens (tertiary/aromatic N) is 1. The zero-order valence-corrected chi connectivity index (χ0v) is 11.5. The van der Waals surface area contributed by atoms with Gasteiger partial charge in [-0.2, -0.15) is 0 Å². The van der Waals surface area contributed by atoms with Crippen molar-refractivity contribution in [1.29, 1.82) is 0 Å². The fourth-order valence-corrected chi connectivity index (χ4v) is 1.35. The first-order chi connectivity index (χ1) is 8.56. The molecule has 0 unspecified atom stereocenters. The number of aliphatic hydroxyl groups is 1. The number of benzene rings is 1. The normalized spacial score (nSPS) is 12.3. The van der Waals surface area contributed by atoms with Crippen molar-refractivity contribution in [3.63, 3.8) is 0 Å². The van der Waals surface area contributed by atoms with Crippen LogP contribution >= 0.6 is 0 Å². The molecule has 6 nitrogen and oxygen atoms in total. The summed E-state index contributed by atoms with van der Waals surface area (Å²) in [6, 6.07) is 5.80. The molecule has 0 saturated heterocycles. The van der Waals surface area contributed by atoms with Crippen LogP contribution in [-0.4, -0.2) is 33.4 Å². The quantitative estimate of drug-likeness (QED) is 0.468. The highest BCUT2D eigenvalue weighted by Crippen LogP contribution is 2.25. The van der Waals surface area contributed by atoms with Crippen molar-refractivity contribution in [2.45, 2.75) is 38.9 Å². The fraction of sp³-hybridized carbons (Fsp3) is 0.500. The van der Waals surface area contributed by atoms with Crippen LogP contribution in [0.2, 0.25) is 0 Å². The molecule has 104 valence electrons. The van der Waals surface area contributed by atoms with Gasteiger partial charge in [-0.25, -0.2) is 0 Å². The van der Waals surface area contributed by atoms with Crippen LogP contribution in [0.3, 0.4) is 0 Å². The van der Waals surface area contributed by atoms with Crippen LogP contribution in [0.25, 0.3) is 0 Å². The number of rotatable bonds is 5. The van der Waals surface area contributed by atoms with E-state index in [0.717, 1.165) is 0 Å². The molecule has 0 amide bonds. The second-order valence-electron chi connectivity index (χ2n) is 5.36. The molecule has 0 aliphatic carbocycles. The van der Waals surface area contributed by atoms with Crippen molar-refractivity contribution in [3.05, 3.63) is 34.4 Å². The topological polar surface area (TPSA) is 92.8 Å². The number of nitro groups is 1. The first kappa shape index (κ1) is 15.6. The lowest BCUT2D eigenvalue weighted by Gasteiger charge is -2.38. The summed E-state index contributed by atoms with van der Waals surface area (Å²) < 4.78 is 5.38. The lowest BCUT2D eigenvalue weighted by molar-refractivity contribution is -0.383. The van der Waals surface area contributed by atoms with Crippen LogP contribution in [0.1, 0.15) is 27.7 Å². The molecular weight excluding hydrogens is 249 g/mol. The largest absolute Gasteiger partial charge is 0.498 e. The Morgan fingerprint density at radius 1 is 1.26 bits per heavy atom. The van der Waals surface area contributed by atoms with Gasteiger partial charge in [0.1, 0.15) is 0 Å². The van der Waals surface area contributed by atoms with E-state index in [0.29, 0.717) is 0 Å². The van der Waals surface area contributed by atoms with E-state index >= 15 is 0 Å². The predicted octanol–water partition coefficient (Wildman–Crippen LogP) is 0.848. The van der Waals surface area contributed by atoms with Crippen LogP contribution in [0.5, 0.6) is 0 Å². The van der Waals surface area contributed by atoms with Crippen LogP contribution in [-0.2, 0) is 4.65 Å². The molecule has 0 aromatic heterocycles. The van der Waals surface area contributed by atoms with E-state index < -0.39 is 23.2 Å². The van der Waals surface area contributed by atoms with Gasteiger partial charge < -0.3 is 14.8 Å². The Morgan fingerprint density at radius 3 is 2.26 bits per heavy atom. The van der Waals surface area contributed by atoms with E-state index in [-0.39, 0.29) is 11.2 Å². The summed E-state index contributed by atoms with van der Waals surface area (Å²) in [4.78, 5) is 10.3. The van der Waals surface area contributed by atoms with E-state index in [2.05, 4.69) is 0 Å². The van der Waals surface area contributed by atoms with Crippen molar-refractivity contribution in [2.24, 2.45) is 0 Å². The molecule has 0 atom stereocenters. The first-order valence-corrected chi connectivity index (χ1v) is 5.88. The SMILES string of the molecule is CC(C)(O)C(C)(C)OB(O)c1ccccc1[N+](=O)[O-]. The summed E-state index contributed by atoms with van der Waals surface area (Å²) in [5.74, 6) is 0. The molecule has 0 heterocycles. The fourth-order valence-electron chi connectivity index (χ4n) is 1.35. The van der Waals surface area contributed by atoms with Gasteiger partial charge in [-0.15, -0.1) is 0 Å². The van der Waals surface area contributed by atoms with Gasteiger partial charge in [0.2, 0.25) is 0 Å². The summed E-state index contributed by atoms with van der Waals surface area (Å²) in [7, 11) is -1.48. The molecule has 0 bridgehead atoms. The van der Waals surface area contributed by atoms with Crippen molar-refractivity contribution in [3.8, 4) is 0 Å². The summed E-state index contributed by atoms with van der Waals surface area (Å²) >= 11 is 0. The summed E-state index contributed by atoms with van der Waals surface area (Å²) in [6.45, 7) is 6.29. The summed E-state index contributed by atoms with van der Waals surface area (Å²) in [5, 5.41) is 30.8. The Hall–Kier alpha value is -1.44. The maximum absolute atomic E-state index is 10.9. The Balaban J connectivity index is 3.03. The average molecular weight is 267 g/mol. The van der Waals surface area contributed by atoms with Crippen LogP contribution < -0.4 is 5.46 Å². The van der Waals surface area contributed by atoms with Crippen LogP contribution in [0.15, 0.2) is 24.3 Å². The molecule has 1 rings (SSSR count). The van der Waals surface area contributed by atoms with E-state index in [1.807, 2.05) is 0 Å². The molecule has 0 radical (unpaired) electrons. The number of hydrogen-bond acceptors (Lipinski definition) is 5. The summed E-state index contributed by atoms with van der Waals surface area (Å²) in [6.07, 6.45) is 0. The van der Waals surface area contributed by atoms with Gasteiger partial charge in [-0.05, 0) is 27.7 Å². The zero-order valence-electron chi connectivity index (χ0n) is 11.5. The monoisotopic (exact) mass is 267 g/mol. The number of nitro benzene ring substituents is 1. The Bertz CT molecular complexity index is 469. The molecule has 7 heteroatoms. The third-order valence-corrected chi connectivity index (χ3v) is 3.28. The van der Waals surface area contributed by atoms with Gasteiger partial charge in [-0.1, -0.05) is 18.2 Å². The Labute approximate surface area is 112 Å². The van der Waals surface area contributed by atoms with Crippen LogP contribution in [0, 0.1) is 10.1 Å². The molecule has 0 aliphatic heterocycles. The highest BCUT2D eigenvalue weighted by molar-refractivity contribution is 6.61. The zero-order chi connectivity index (χ0) is 14.8. The lowest BCUT2D eigenvalue weighted by atomic mass is 9.75. The molecular formula is C12H18BNO5. The van der Waals surface area contributed by atoms with E-state index in [4.69, 9.17) is 4.65 Å². The Kier molecular flexibility index (Phi) is 4.34. The number of hydrogen-bond donors (Lipinski definition) is 2. The van der Waals surface area contributed by atoms with Crippen molar-refractivity contribution in [1.82, 2.24) is 0 Å². The third-order valence-electron chi connectivity index (χ3n) is 3.28. The highest BCUT2D eigenvalue weighted by Gasteiger charge is 2.41. The minimum atomic E-state index is -1.48. The van der Waals surface area contributed by atoms with Gasteiger partial charge in [0, 0.05) is 6.07 Å². The first-order valence-electron chi connectivity index (χ1n) is 5.88. The van der Waals surface area contributed by atoms with Gasteiger partial charge in [0.15, 0.2) is 0 Å². The molecule has 0 fully saturated rings. The molecule has 1 aromatic rings. The maximum atomic E-state index is 10.9. The predicted molar refractivity (Wildman–Crippen MR) is 72.2 cm³/mol. The van der Waals surface area contributed by atoms with Gasteiger partial charge >= 0.3 is 7.12 Å². The second-order valence-corrected chi connectivity index (χ2v) is 5.36. The Morgan fingerprint density at radius 2 is 1.79 bits per heavy atom. The third kappa shape index (κ3) is 3.53. The molecule has 1 aromatic carbocycles. The standard InChI is InChI=1S/C12H18BNO5/c1-11(2,15)12(3,4)19-13(16)9-7-5-6-8-10(9)14(17)18/h5-8,15-16H,1-4H3. The van der Waals surface area contributed by atoms with Gasteiger partial charge in [0.25, 0.3) is 5.69 Å². The van der Waals surface area contributed by atoms with E-state index in [1.165, 1.54) is 18.2 Å². The van der Waals surface area contributed by atoms with Crippen molar-refractivity contribution >= 4 is 18.3 Å². The molecule has 0 saturated carbocycles. The van der Waals surface area contributed by atoms with Gasteiger partial charge in [-0.3, -0.25) is 10.1 Å². The molecule has 19 heavy (non-hydrogen) atoms. The second kappa shape index (κ2) is 5.28. The van der Waals surface area contributed by atoms with Crippen molar-refractivity contribution in [2.75, 3.05) is 0 Å². The molecule has 2 N–H and O–H groups in total. The minimum absolute atomic E-state index is 0.0600. The maximum Gasteiger partial charge on any atom is 0.498 e. The van der Waals surface area contributed by atoms with E-state index in [9.17, 15) is 20.2 Å². The number of para-hydroxylation sites is 1. The lowest BCUT2D eigenvalue weighted by Crippen LogP contribution is -2.53. The van der Waals surface area contributed by atoms with Crippen molar-refractivity contribution < 1.29 is 19.7 Å². The highest BCUT2D eigenvalue weighted by atomic mass is 16.6. The average Bonchev–Trinajstić information content (AvgIpc) is 2.26. The molecule has 0 spiro atoms. The minimum Gasteiger partial charge on any atom is -0.423 e. The van der Waals surface area contributed by atoms with Crippen LogP contribution in [0.4, 0.5) is 5.69 Å². The molecule has 0 aliphatic rings. The smallest absolute Gasteiger partial charge is 0.423 e. The summed E-state index contributed by atoms with van der Waals surface area (Å²) in [5.41, 5.74) is -2.44. The van der Waals surface area contributed by atoms with Gasteiger partial charge in [0.05, 0.1) is 21.6 Å².